The molecule has 0 aliphatic rings. The molecule has 0 bridgehead atoms. The summed E-state index contributed by atoms with van der Waals surface area (Å²) in [6.45, 7) is 3.88. The molecule has 3 heterocycles. The molecule has 0 atom stereocenters. The van der Waals surface area contributed by atoms with Gasteiger partial charge in [-0.15, -0.1) is 11.3 Å². The van der Waals surface area contributed by atoms with Crippen LogP contribution in [0.3, 0.4) is 0 Å². The molecule has 4 rings (SSSR count). The molecule has 3 aromatic heterocycles. The highest BCUT2D eigenvalue weighted by molar-refractivity contribution is 9.10. The molecule has 0 radical (unpaired) electrons. The van der Waals surface area contributed by atoms with E-state index in [1.54, 1.807) is 0 Å². The van der Waals surface area contributed by atoms with E-state index in [9.17, 15) is 4.79 Å². The molecule has 0 saturated heterocycles. The van der Waals surface area contributed by atoms with Crippen LogP contribution < -0.4 is 5.63 Å². The predicted octanol–water partition coefficient (Wildman–Crippen LogP) is 5.10. The number of rotatable bonds is 2. The van der Waals surface area contributed by atoms with Gasteiger partial charge in [-0.1, -0.05) is 35.0 Å². The van der Waals surface area contributed by atoms with E-state index in [4.69, 9.17) is 4.42 Å². The van der Waals surface area contributed by atoms with Crippen molar-refractivity contribution in [3.05, 3.63) is 56.8 Å². The lowest BCUT2D eigenvalue weighted by atomic mass is 10.0. The highest BCUT2D eigenvalue weighted by atomic mass is 79.9. The molecule has 0 aliphatic carbocycles. The van der Waals surface area contributed by atoms with Crippen molar-refractivity contribution < 1.29 is 4.42 Å². The van der Waals surface area contributed by atoms with Crippen molar-refractivity contribution in [1.29, 1.82) is 0 Å². The van der Waals surface area contributed by atoms with Crippen molar-refractivity contribution in [2.45, 2.75) is 20.3 Å². The molecule has 120 valence electrons. The van der Waals surface area contributed by atoms with E-state index >= 15 is 0 Å². The zero-order valence-electron chi connectivity index (χ0n) is 13.1. The van der Waals surface area contributed by atoms with Crippen LogP contribution in [0.25, 0.3) is 31.6 Å². The van der Waals surface area contributed by atoms with Crippen LogP contribution in [-0.2, 0) is 6.42 Å². The van der Waals surface area contributed by atoms with Gasteiger partial charge < -0.3 is 4.42 Å². The number of fused-ring (bicyclic) bond motifs is 3. The zero-order chi connectivity index (χ0) is 16.8. The molecule has 24 heavy (non-hydrogen) atoms. The molecular weight excluding hydrogens is 388 g/mol. The molecule has 0 spiro atoms. The Hall–Kier alpha value is -2.05. The van der Waals surface area contributed by atoms with Gasteiger partial charge in [-0.2, -0.15) is 0 Å². The van der Waals surface area contributed by atoms with Crippen LogP contribution in [0.5, 0.6) is 0 Å². The van der Waals surface area contributed by atoms with Crippen molar-refractivity contribution in [3.63, 3.8) is 0 Å². The van der Waals surface area contributed by atoms with E-state index in [1.165, 1.54) is 11.3 Å². The summed E-state index contributed by atoms with van der Waals surface area (Å²) in [6, 6.07) is 10.1. The van der Waals surface area contributed by atoms with Crippen LogP contribution in [0.15, 0.2) is 44.0 Å². The van der Waals surface area contributed by atoms with Crippen molar-refractivity contribution >= 4 is 47.7 Å². The zero-order valence-corrected chi connectivity index (χ0v) is 15.5. The maximum absolute atomic E-state index is 12.3. The summed E-state index contributed by atoms with van der Waals surface area (Å²) >= 11 is 4.81. The number of benzene rings is 1. The van der Waals surface area contributed by atoms with Crippen LogP contribution in [-0.4, -0.2) is 9.97 Å². The second-order valence-electron chi connectivity index (χ2n) is 5.53. The Bertz CT molecular complexity index is 1130. The summed E-state index contributed by atoms with van der Waals surface area (Å²) in [5.41, 5.74) is 3.37. The average molecular weight is 401 g/mol. The van der Waals surface area contributed by atoms with E-state index in [-0.39, 0.29) is 5.63 Å². The first kappa shape index (κ1) is 15.5. The third kappa shape index (κ3) is 2.46. The second-order valence-corrected chi connectivity index (χ2v) is 7.44. The number of thiophene rings is 1. The van der Waals surface area contributed by atoms with Crippen LogP contribution in [0.1, 0.15) is 18.5 Å². The topological polar surface area (TPSA) is 56.0 Å². The number of hydrogen-bond donors (Lipinski definition) is 0. The smallest absolute Gasteiger partial charge is 0.357 e. The lowest BCUT2D eigenvalue weighted by molar-refractivity contribution is 0.451. The summed E-state index contributed by atoms with van der Waals surface area (Å²) in [5.74, 6) is 0.453. The molecule has 6 heteroatoms. The Labute approximate surface area is 150 Å². The quantitative estimate of drug-likeness (QED) is 0.469. The van der Waals surface area contributed by atoms with Crippen molar-refractivity contribution in [2.24, 2.45) is 0 Å². The maximum Gasteiger partial charge on any atom is 0.357 e. The number of hydrogen-bond acceptors (Lipinski definition) is 5. The van der Waals surface area contributed by atoms with Gasteiger partial charge in [-0.05, 0) is 36.2 Å². The number of halogens is 1. The van der Waals surface area contributed by atoms with E-state index in [0.717, 1.165) is 31.5 Å². The maximum atomic E-state index is 12.3. The number of pyridine rings is 1. The van der Waals surface area contributed by atoms with Gasteiger partial charge >= 0.3 is 5.63 Å². The predicted molar refractivity (Wildman–Crippen MR) is 101 cm³/mol. The Kier molecular flexibility index (Phi) is 3.73. The molecule has 1 aromatic carbocycles. The molecule has 0 unspecified atom stereocenters. The molecule has 0 saturated carbocycles. The van der Waals surface area contributed by atoms with Gasteiger partial charge in [0.1, 0.15) is 15.0 Å². The lowest BCUT2D eigenvalue weighted by Gasteiger charge is -2.06. The van der Waals surface area contributed by atoms with E-state index in [0.29, 0.717) is 22.5 Å². The van der Waals surface area contributed by atoms with Gasteiger partial charge in [-0.25, -0.2) is 14.8 Å². The molecular formula is C18H13BrN2O2S. The van der Waals surface area contributed by atoms with Crippen LogP contribution in [0, 0.1) is 6.92 Å². The third-order valence-electron chi connectivity index (χ3n) is 3.86. The summed E-state index contributed by atoms with van der Waals surface area (Å²) in [6.07, 6.45) is 0.579. The second kappa shape index (κ2) is 5.79. The number of nitrogens with zero attached hydrogens (tertiary/aromatic N) is 2. The Balaban J connectivity index is 2.16. The minimum Gasteiger partial charge on any atom is -0.407 e. The van der Waals surface area contributed by atoms with E-state index in [1.807, 2.05) is 44.2 Å². The van der Waals surface area contributed by atoms with Crippen molar-refractivity contribution in [1.82, 2.24) is 9.97 Å². The monoisotopic (exact) mass is 400 g/mol. The highest BCUT2D eigenvalue weighted by Crippen LogP contribution is 2.37. The average Bonchev–Trinajstić information content (AvgIpc) is 2.93. The Morgan fingerprint density at radius 2 is 1.96 bits per heavy atom. The van der Waals surface area contributed by atoms with Crippen molar-refractivity contribution in [3.8, 4) is 11.1 Å². The van der Waals surface area contributed by atoms with Gasteiger partial charge in [0.05, 0.1) is 0 Å². The Morgan fingerprint density at radius 3 is 2.67 bits per heavy atom. The van der Waals surface area contributed by atoms with Gasteiger partial charge in [0.2, 0.25) is 0 Å². The SMILES string of the molecule is CCc1nc2c(sc3nc(C)cc(-c4ccc(Br)cc4)c32)c(=O)o1. The normalized spacial score (nSPS) is 11.5. The largest absolute Gasteiger partial charge is 0.407 e. The van der Waals surface area contributed by atoms with Crippen molar-refractivity contribution in [2.75, 3.05) is 0 Å². The fourth-order valence-corrected chi connectivity index (χ4v) is 4.09. The Morgan fingerprint density at radius 1 is 1.21 bits per heavy atom. The van der Waals surface area contributed by atoms with Crippen LogP contribution in [0.4, 0.5) is 0 Å². The minimum atomic E-state index is -0.334. The molecule has 0 N–H and O–H groups in total. The molecule has 0 fully saturated rings. The first-order valence-electron chi connectivity index (χ1n) is 7.56. The van der Waals surface area contributed by atoms with Gasteiger partial charge in [0.25, 0.3) is 0 Å². The third-order valence-corrected chi connectivity index (χ3v) is 5.44. The molecule has 4 aromatic rings. The van der Waals surface area contributed by atoms with E-state index < -0.39 is 0 Å². The molecule has 0 aliphatic heterocycles. The standard InChI is InChI=1S/C18H13BrN2O2S/c1-3-13-21-15-14-12(10-4-6-11(19)7-5-10)8-9(2)20-17(14)24-16(15)18(22)23-13/h4-8H,3H2,1-2H3. The summed E-state index contributed by atoms with van der Waals surface area (Å²) < 4.78 is 6.82. The number of aryl methyl sites for hydroxylation is 2. The first-order valence-corrected chi connectivity index (χ1v) is 9.17. The highest BCUT2D eigenvalue weighted by Gasteiger charge is 2.18. The summed E-state index contributed by atoms with van der Waals surface area (Å²) in [7, 11) is 0. The summed E-state index contributed by atoms with van der Waals surface area (Å²) in [5, 5.41) is 0.922. The van der Waals surface area contributed by atoms with Gasteiger partial charge in [0.15, 0.2) is 5.89 Å². The molecule has 0 amide bonds. The van der Waals surface area contributed by atoms with Gasteiger partial charge in [-0.3, -0.25) is 0 Å². The van der Waals surface area contributed by atoms with Gasteiger partial charge in [0, 0.05) is 22.0 Å². The number of aromatic nitrogens is 2. The molecule has 4 nitrogen and oxygen atoms in total. The summed E-state index contributed by atoms with van der Waals surface area (Å²) in [4.78, 5) is 22.3. The lowest BCUT2D eigenvalue weighted by Crippen LogP contribution is -2.02. The fourth-order valence-electron chi connectivity index (χ4n) is 2.76. The van der Waals surface area contributed by atoms with Crippen LogP contribution >= 0.6 is 27.3 Å². The van der Waals surface area contributed by atoms with Crippen LogP contribution in [0.2, 0.25) is 0 Å². The fraction of sp³-hybridized carbons (Fsp3) is 0.167. The van der Waals surface area contributed by atoms with E-state index in [2.05, 4.69) is 25.9 Å². The first-order chi connectivity index (χ1) is 11.6. The minimum absolute atomic E-state index is 0.334.